The van der Waals surface area contributed by atoms with E-state index in [0.29, 0.717) is 12.1 Å². The number of benzene rings is 2. The highest BCUT2D eigenvalue weighted by molar-refractivity contribution is 6.30. The van der Waals surface area contributed by atoms with Gasteiger partial charge in [0.15, 0.2) is 0 Å². The van der Waals surface area contributed by atoms with Crippen LogP contribution in [0.15, 0.2) is 71.8 Å². The van der Waals surface area contributed by atoms with Crippen LogP contribution in [-0.4, -0.2) is 41.9 Å². The van der Waals surface area contributed by atoms with Crippen LogP contribution >= 0.6 is 11.6 Å². The molecule has 0 fully saturated rings. The van der Waals surface area contributed by atoms with Crippen molar-refractivity contribution in [2.45, 2.75) is 24.2 Å². The number of hydrogen-bond donors (Lipinski definition) is 2. The highest BCUT2D eigenvalue weighted by Crippen LogP contribution is 2.47. The zero-order chi connectivity index (χ0) is 22.2. The van der Waals surface area contributed by atoms with E-state index in [1.165, 1.54) is 19.2 Å². The number of rotatable bonds is 7. The number of hydrogen-bond acceptors (Lipinski definition) is 5. The van der Waals surface area contributed by atoms with Crippen molar-refractivity contribution in [3.05, 3.63) is 88.2 Å². The van der Waals surface area contributed by atoms with Gasteiger partial charge >= 0.3 is 11.9 Å². The van der Waals surface area contributed by atoms with Gasteiger partial charge in [-0.3, -0.25) is 0 Å². The van der Waals surface area contributed by atoms with Crippen LogP contribution in [0.1, 0.15) is 5.56 Å². The van der Waals surface area contributed by atoms with Crippen molar-refractivity contribution in [1.82, 2.24) is 0 Å². The van der Waals surface area contributed by atoms with Gasteiger partial charge in [0.1, 0.15) is 17.5 Å². The molecule has 2 aliphatic rings. The average Bonchev–Trinajstić information content (AvgIpc) is 3.31. The molecule has 0 saturated heterocycles. The molecule has 3 atom stereocenters. The first kappa shape index (κ1) is 21.1. The number of ether oxygens (including phenoxy) is 2. The van der Waals surface area contributed by atoms with Crippen molar-refractivity contribution in [2.75, 3.05) is 12.4 Å². The molecule has 31 heavy (non-hydrogen) atoms. The summed E-state index contributed by atoms with van der Waals surface area (Å²) in [6, 6.07) is 12.7. The summed E-state index contributed by atoms with van der Waals surface area (Å²) in [5.41, 5.74) is -0.378. The van der Waals surface area contributed by atoms with Gasteiger partial charge in [0.25, 0.3) is 0 Å². The molecule has 2 heterocycles. The topological polar surface area (TPSA) is 84.9 Å². The van der Waals surface area contributed by atoms with E-state index in [4.69, 9.17) is 21.1 Å². The van der Waals surface area contributed by atoms with E-state index >= 15 is 0 Å². The fraction of sp³-hybridized carbons (Fsp3) is 0.217. The molecular weight excluding hydrogens is 425 g/mol. The first-order valence-corrected chi connectivity index (χ1v) is 9.92. The average molecular weight is 444 g/mol. The molecule has 8 heteroatoms. The maximum atomic E-state index is 14.0. The minimum atomic E-state index is -1.42. The number of halogens is 2. The molecule has 0 spiro atoms. The molecule has 3 unspecified atom stereocenters. The molecule has 0 amide bonds. The van der Waals surface area contributed by atoms with Crippen LogP contribution in [0.5, 0.6) is 0 Å². The summed E-state index contributed by atoms with van der Waals surface area (Å²) in [5, 5.41) is 13.1. The van der Waals surface area contributed by atoms with Gasteiger partial charge in [-0.05, 0) is 36.3 Å². The number of carboxylic acid groups (broad SMARTS) is 1. The summed E-state index contributed by atoms with van der Waals surface area (Å²) in [5.74, 6) is -2.58. The number of methoxy groups -OCH3 is 1. The Morgan fingerprint density at radius 2 is 2.03 bits per heavy atom. The molecule has 2 aromatic carbocycles. The lowest BCUT2D eigenvalue weighted by molar-refractivity contribution is -0.139. The molecule has 0 aliphatic carbocycles. The SMILES string of the molecule is COC(=O)C1=C(C(=O)O)C2C=CC1(C(Cc1ccccc1)Nc1cc(F)cc(Cl)c1)O2. The molecule has 2 bridgehead atoms. The van der Waals surface area contributed by atoms with Crippen LogP contribution in [0, 0.1) is 5.82 Å². The molecular formula is C23H19ClFNO5. The Hall–Kier alpha value is -3.16. The molecule has 6 nitrogen and oxygen atoms in total. The number of carboxylic acids is 1. The van der Waals surface area contributed by atoms with Gasteiger partial charge in [-0.1, -0.05) is 48.0 Å². The fourth-order valence-corrected chi connectivity index (χ4v) is 4.36. The molecule has 0 radical (unpaired) electrons. The first-order valence-electron chi connectivity index (χ1n) is 9.54. The van der Waals surface area contributed by atoms with E-state index in [0.717, 1.165) is 5.56 Å². The number of esters is 1. The van der Waals surface area contributed by atoms with Crippen LogP contribution in [0.2, 0.25) is 5.02 Å². The normalized spacial score (nSPS) is 22.5. The monoisotopic (exact) mass is 443 g/mol. The van der Waals surface area contributed by atoms with Crippen molar-refractivity contribution >= 4 is 29.2 Å². The third-order valence-corrected chi connectivity index (χ3v) is 5.63. The van der Waals surface area contributed by atoms with Gasteiger partial charge < -0.3 is 19.9 Å². The van der Waals surface area contributed by atoms with Gasteiger partial charge in [0, 0.05) is 10.7 Å². The molecule has 160 valence electrons. The van der Waals surface area contributed by atoms with E-state index in [2.05, 4.69) is 5.32 Å². The number of nitrogens with one attached hydrogen (secondary N) is 1. The van der Waals surface area contributed by atoms with E-state index in [1.807, 2.05) is 30.3 Å². The summed E-state index contributed by atoms with van der Waals surface area (Å²) < 4.78 is 24.9. The van der Waals surface area contributed by atoms with Gasteiger partial charge in [0.05, 0.1) is 24.3 Å². The second-order valence-corrected chi connectivity index (χ2v) is 7.76. The number of carbonyl (C=O) groups is 2. The van der Waals surface area contributed by atoms with Crippen molar-refractivity contribution < 1.29 is 28.6 Å². The standard InChI is InChI=1S/C23H19ClFNO5/c1-30-22(29)20-19(21(27)28)17-7-8-23(20,31-17)18(9-13-5-3-2-4-6-13)26-16-11-14(24)10-15(25)12-16/h2-8,10-12,17-18,26H,9H2,1H3,(H,27,28). The second-order valence-electron chi connectivity index (χ2n) is 7.32. The summed E-state index contributed by atoms with van der Waals surface area (Å²) in [6.07, 6.45) is 2.73. The Kier molecular flexibility index (Phi) is 5.56. The summed E-state index contributed by atoms with van der Waals surface area (Å²) in [7, 11) is 1.18. The van der Waals surface area contributed by atoms with E-state index in [-0.39, 0.29) is 16.2 Å². The van der Waals surface area contributed by atoms with Crippen LogP contribution in [0.4, 0.5) is 10.1 Å². The Bertz CT molecular complexity index is 1080. The maximum Gasteiger partial charge on any atom is 0.337 e. The van der Waals surface area contributed by atoms with Gasteiger partial charge in [-0.2, -0.15) is 0 Å². The third kappa shape index (κ3) is 3.82. The zero-order valence-corrected chi connectivity index (χ0v) is 17.2. The van der Waals surface area contributed by atoms with Crippen molar-refractivity contribution in [3.8, 4) is 0 Å². The number of aliphatic carboxylic acids is 1. The highest BCUT2D eigenvalue weighted by atomic mass is 35.5. The maximum absolute atomic E-state index is 14.0. The van der Waals surface area contributed by atoms with Crippen molar-refractivity contribution in [2.24, 2.45) is 0 Å². The summed E-state index contributed by atoms with van der Waals surface area (Å²) in [6.45, 7) is 0. The highest BCUT2D eigenvalue weighted by Gasteiger charge is 2.58. The summed E-state index contributed by atoms with van der Waals surface area (Å²) >= 11 is 6.01. The Morgan fingerprint density at radius 1 is 1.29 bits per heavy atom. The summed E-state index contributed by atoms with van der Waals surface area (Å²) in [4.78, 5) is 24.6. The molecule has 4 rings (SSSR count). The Balaban J connectivity index is 1.82. The van der Waals surface area contributed by atoms with Gasteiger partial charge in [-0.15, -0.1) is 0 Å². The lowest BCUT2D eigenvalue weighted by atomic mass is 9.79. The molecule has 2 N–H and O–H groups in total. The van der Waals surface area contributed by atoms with Gasteiger partial charge in [-0.25, -0.2) is 14.0 Å². The molecule has 0 aromatic heterocycles. The lowest BCUT2D eigenvalue weighted by Gasteiger charge is -2.36. The Labute approximate surface area is 182 Å². The zero-order valence-electron chi connectivity index (χ0n) is 16.5. The first-order chi connectivity index (χ1) is 14.8. The minimum Gasteiger partial charge on any atom is -0.478 e. The van der Waals surface area contributed by atoms with Gasteiger partial charge in [0.2, 0.25) is 0 Å². The largest absolute Gasteiger partial charge is 0.478 e. The van der Waals surface area contributed by atoms with E-state index in [1.54, 1.807) is 18.2 Å². The number of anilines is 1. The van der Waals surface area contributed by atoms with E-state index < -0.39 is 35.5 Å². The van der Waals surface area contributed by atoms with Crippen LogP contribution in [-0.2, 0) is 25.5 Å². The lowest BCUT2D eigenvalue weighted by Crippen LogP contribution is -2.49. The fourth-order valence-electron chi connectivity index (χ4n) is 4.14. The predicted octanol–water partition coefficient (Wildman–Crippen LogP) is 3.76. The smallest absolute Gasteiger partial charge is 0.337 e. The molecule has 0 saturated carbocycles. The van der Waals surface area contributed by atoms with Crippen LogP contribution < -0.4 is 5.32 Å². The minimum absolute atomic E-state index is 0.0778. The molecule has 2 aromatic rings. The second kappa shape index (κ2) is 8.17. The van der Waals surface area contributed by atoms with Crippen LogP contribution in [0.3, 0.4) is 0 Å². The van der Waals surface area contributed by atoms with Crippen molar-refractivity contribution in [3.63, 3.8) is 0 Å². The van der Waals surface area contributed by atoms with Crippen LogP contribution in [0.25, 0.3) is 0 Å². The third-order valence-electron chi connectivity index (χ3n) is 5.41. The Morgan fingerprint density at radius 3 is 2.68 bits per heavy atom. The molecule has 2 aliphatic heterocycles. The quantitative estimate of drug-likeness (QED) is 0.500. The predicted molar refractivity (Wildman–Crippen MR) is 112 cm³/mol. The van der Waals surface area contributed by atoms with E-state index in [9.17, 15) is 19.1 Å². The number of fused-ring (bicyclic) bond motifs is 2. The number of carbonyl (C=O) groups excluding carboxylic acids is 1. The van der Waals surface area contributed by atoms with Crippen molar-refractivity contribution in [1.29, 1.82) is 0 Å².